The maximum absolute atomic E-state index is 3.36. The van der Waals surface area contributed by atoms with E-state index >= 15 is 0 Å². The van der Waals surface area contributed by atoms with Crippen molar-refractivity contribution in [2.75, 3.05) is 39.9 Å². The van der Waals surface area contributed by atoms with Gasteiger partial charge in [-0.3, -0.25) is 9.80 Å². The Labute approximate surface area is 182 Å². The molecule has 0 amide bonds. The third kappa shape index (κ3) is 4.96. The SMILES string of the molecule is CN1CN(Cc2ccc(I)cc2)CC2=C1CCN(CC#Cc1ccccc1)C2. The van der Waals surface area contributed by atoms with Crippen LogP contribution in [0.3, 0.4) is 0 Å². The van der Waals surface area contributed by atoms with Crippen LogP contribution in [-0.2, 0) is 6.54 Å². The second kappa shape index (κ2) is 9.13. The Morgan fingerprint density at radius 2 is 1.71 bits per heavy atom. The normalized spacial score (nSPS) is 17.9. The number of halogens is 1. The molecule has 2 aromatic rings. The third-order valence-electron chi connectivity index (χ3n) is 5.40. The van der Waals surface area contributed by atoms with Crippen LogP contribution < -0.4 is 0 Å². The molecule has 0 fully saturated rings. The molecule has 144 valence electrons. The van der Waals surface area contributed by atoms with E-state index in [1.54, 1.807) is 11.3 Å². The predicted molar refractivity (Wildman–Crippen MR) is 124 cm³/mol. The Morgan fingerprint density at radius 3 is 2.50 bits per heavy atom. The van der Waals surface area contributed by atoms with Crippen molar-refractivity contribution in [3.8, 4) is 11.8 Å². The molecule has 28 heavy (non-hydrogen) atoms. The van der Waals surface area contributed by atoms with Gasteiger partial charge in [-0.15, -0.1) is 0 Å². The summed E-state index contributed by atoms with van der Waals surface area (Å²) in [6.45, 7) is 6.06. The zero-order valence-electron chi connectivity index (χ0n) is 16.4. The summed E-state index contributed by atoms with van der Waals surface area (Å²) in [6, 6.07) is 19.2. The second-order valence-corrected chi connectivity index (χ2v) is 8.88. The van der Waals surface area contributed by atoms with Crippen LogP contribution >= 0.6 is 22.6 Å². The van der Waals surface area contributed by atoms with E-state index in [1.807, 2.05) is 18.2 Å². The van der Waals surface area contributed by atoms with E-state index in [0.717, 1.165) is 51.4 Å². The Morgan fingerprint density at radius 1 is 0.964 bits per heavy atom. The highest BCUT2D eigenvalue weighted by molar-refractivity contribution is 14.1. The van der Waals surface area contributed by atoms with E-state index in [1.165, 1.54) is 9.13 Å². The highest BCUT2D eigenvalue weighted by atomic mass is 127. The Hall–Kier alpha value is -1.81. The van der Waals surface area contributed by atoms with Gasteiger partial charge in [0.05, 0.1) is 13.2 Å². The van der Waals surface area contributed by atoms with Crippen LogP contribution in [0.15, 0.2) is 65.9 Å². The summed E-state index contributed by atoms with van der Waals surface area (Å²) in [6.07, 6.45) is 1.14. The summed E-state index contributed by atoms with van der Waals surface area (Å²) in [7, 11) is 2.24. The van der Waals surface area contributed by atoms with Crippen molar-refractivity contribution in [2.24, 2.45) is 0 Å². The molecule has 0 aromatic heterocycles. The number of benzene rings is 2. The first-order chi connectivity index (χ1) is 13.7. The van der Waals surface area contributed by atoms with Gasteiger partial charge in [0.15, 0.2) is 0 Å². The van der Waals surface area contributed by atoms with Crippen LogP contribution in [0.1, 0.15) is 17.5 Å². The van der Waals surface area contributed by atoms with E-state index < -0.39 is 0 Å². The highest BCUT2D eigenvalue weighted by Crippen LogP contribution is 2.26. The Bertz CT molecular complexity index is 893. The molecular weight excluding hydrogens is 457 g/mol. The smallest absolute Gasteiger partial charge is 0.0706 e. The molecule has 2 aliphatic rings. The topological polar surface area (TPSA) is 9.72 Å². The number of hydrogen-bond donors (Lipinski definition) is 0. The molecule has 0 N–H and O–H groups in total. The standard InChI is InChI=1S/C24H26IN3/c1-26-19-28(16-21-9-11-23(25)12-10-21)18-22-17-27(15-13-24(22)26)14-5-8-20-6-3-2-4-7-20/h2-4,6-7,9-12H,13-19H2,1H3. The van der Waals surface area contributed by atoms with Crippen molar-refractivity contribution in [2.45, 2.75) is 13.0 Å². The maximum atomic E-state index is 3.36. The van der Waals surface area contributed by atoms with Gasteiger partial charge >= 0.3 is 0 Å². The van der Waals surface area contributed by atoms with Gasteiger partial charge < -0.3 is 4.90 Å². The fourth-order valence-corrected chi connectivity index (χ4v) is 4.41. The van der Waals surface area contributed by atoms with Crippen LogP contribution in [0.2, 0.25) is 0 Å². The minimum atomic E-state index is 0.840. The van der Waals surface area contributed by atoms with Gasteiger partial charge in [0, 0.05) is 54.5 Å². The molecule has 0 radical (unpaired) electrons. The number of nitrogens with zero attached hydrogens (tertiary/aromatic N) is 3. The first-order valence-electron chi connectivity index (χ1n) is 9.82. The van der Waals surface area contributed by atoms with Crippen LogP contribution in [0.4, 0.5) is 0 Å². The molecule has 0 atom stereocenters. The van der Waals surface area contributed by atoms with Crippen molar-refractivity contribution >= 4 is 22.6 Å². The summed E-state index contributed by atoms with van der Waals surface area (Å²) in [5, 5.41) is 0. The number of hydrogen-bond acceptors (Lipinski definition) is 3. The average Bonchev–Trinajstić information content (AvgIpc) is 2.70. The Kier molecular flexibility index (Phi) is 6.36. The molecule has 0 saturated carbocycles. The zero-order valence-corrected chi connectivity index (χ0v) is 18.5. The van der Waals surface area contributed by atoms with Gasteiger partial charge in [0.1, 0.15) is 0 Å². The zero-order chi connectivity index (χ0) is 19.3. The third-order valence-corrected chi connectivity index (χ3v) is 6.12. The van der Waals surface area contributed by atoms with Gasteiger partial charge in [0.25, 0.3) is 0 Å². The molecule has 0 unspecified atom stereocenters. The first-order valence-corrected chi connectivity index (χ1v) is 10.9. The van der Waals surface area contributed by atoms with Crippen molar-refractivity contribution in [3.05, 3.63) is 80.6 Å². The summed E-state index contributed by atoms with van der Waals surface area (Å²) in [5.41, 5.74) is 5.60. The lowest BCUT2D eigenvalue weighted by Crippen LogP contribution is -2.47. The summed E-state index contributed by atoms with van der Waals surface area (Å²) >= 11 is 2.37. The lowest BCUT2D eigenvalue weighted by molar-refractivity contribution is 0.137. The quantitative estimate of drug-likeness (QED) is 0.483. The van der Waals surface area contributed by atoms with E-state index in [-0.39, 0.29) is 0 Å². The van der Waals surface area contributed by atoms with Gasteiger partial charge in [-0.05, 0) is 58.0 Å². The molecule has 2 aromatic carbocycles. The maximum Gasteiger partial charge on any atom is 0.0706 e. The highest BCUT2D eigenvalue weighted by Gasteiger charge is 2.27. The molecule has 0 bridgehead atoms. The van der Waals surface area contributed by atoms with E-state index in [0.29, 0.717) is 0 Å². The molecule has 3 nitrogen and oxygen atoms in total. The molecule has 0 spiro atoms. The average molecular weight is 483 g/mol. The summed E-state index contributed by atoms with van der Waals surface area (Å²) in [5.74, 6) is 6.65. The monoisotopic (exact) mass is 483 g/mol. The van der Waals surface area contributed by atoms with Crippen molar-refractivity contribution < 1.29 is 0 Å². The van der Waals surface area contributed by atoms with Gasteiger partial charge in [-0.2, -0.15) is 0 Å². The molecule has 2 aliphatic heterocycles. The van der Waals surface area contributed by atoms with Crippen molar-refractivity contribution in [1.82, 2.24) is 14.7 Å². The molecule has 0 aliphatic carbocycles. The van der Waals surface area contributed by atoms with Gasteiger partial charge in [0.2, 0.25) is 0 Å². The van der Waals surface area contributed by atoms with E-state index in [2.05, 4.69) is 92.6 Å². The van der Waals surface area contributed by atoms with Crippen LogP contribution in [0.5, 0.6) is 0 Å². The summed E-state index contributed by atoms with van der Waals surface area (Å²) < 4.78 is 1.29. The predicted octanol–water partition coefficient (Wildman–Crippen LogP) is 4.01. The van der Waals surface area contributed by atoms with Crippen LogP contribution in [0.25, 0.3) is 0 Å². The largest absolute Gasteiger partial charge is 0.365 e. The second-order valence-electron chi connectivity index (χ2n) is 7.63. The summed E-state index contributed by atoms with van der Waals surface area (Å²) in [4.78, 5) is 7.47. The fourth-order valence-electron chi connectivity index (χ4n) is 4.05. The molecular formula is C24H26IN3. The lowest BCUT2D eigenvalue weighted by Gasteiger charge is -2.42. The molecule has 2 heterocycles. The fraction of sp³-hybridized carbons (Fsp3) is 0.333. The van der Waals surface area contributed by atoms with Crippen molar-refractivity contribution in [1.29, 1.82) is 0 Å². The molecule has 4 rings (SSSR count). The van der Waals surface area contributed by atoms with E-state index in [4.69, 9.17) is 0 Å². The minimum Gasteiger partial charge on any atom is -0.365 e. The van der Waals surface area contributed by atoms with Crippen LogP contribution in [-0.4, -0.2) is 54.6 Å². The van der Waals surface area contributed by atoms with E-state index in [9.17, 15) is 0 Å². The lowest BCUT2D eigenvalue weighted by atomic mass is 10.0. The molecule has 0 saturated heterocycles. The van der Waals surface area contributed by atoms with Gasteiger partial charge in [-0.1, -0.05) is 42.2 Å². The number of rotatable bonds is 3. The van der Waals surface area contributed by atoms with Crippen LogP contribution in [0, 0.1) is 15.4 Å². The minimum absolute atomic E-state index is 0.840. The first kappa shape index (κ1) is 19.5. The molecule has 4 heteroatoms. The van der Waals surface area contributed by atoms with Crippen molar-refractivity contribution in [3.63, 3.8) is 0 Å². The Balaban J connectivity index is 1.38. The van der Waals surface area contributed by atoms with Gasteiger partial charge in [-0.25, -0.2) is 0 Å².